The van der Waals surface area contributed by atoms with Gasteiger partial charge in [-0.25, -0.2) is 4.39 Å². The first-order chi connectivity index (χ1) is 14.0. The number of benzene rings is 1. The number of nitrogens with zero attached hydrogens (tertiary/aromatic N) is 2. The van der Waals surface area contributed by atoms with E-state index >= 15 is 0 Å². The number of nitrogens with one attached hydrogen (secondary N) is 1. The lowest BCUT2D eigenvalue weighted by Crippen LogP contribution is -2.37. The molecule has 3 amide bonds. The quantitative estimate of drug-likeness (QED) is 0.834. The molecule has 1 aromatic carbocycles. The molecular formula is C21H22FN3O3S. The van der Waals surface area contributed by atoms with E-state index in [1.807, 2.05) is 0 Å². The third-order valence-corrected chi connectivity index (χ3v) is 6.17. The topological polar surface area (TPSA) is 69.7 Å². The van der Waals surface area contributed by atoms with Gasteiger partial charge >= 0.3 is 0 Å². The van der Waals surface area contributed by atoms with Crippen molar-refractivity contribution in [1.29, 1.82) is 0 Å². The van der Waals surface area contributed by atoms with Gasteiger partial charge < -0.3 is 15.1 Å². The normalized spacial score (nSPS) is 17.0. The van der Waals surface area contributed by atoms with Gasteiger partial charge in [0.2, 0.25) is 5.91 Å². The van der Waals surface area contributed by atoms with Gasteiger partial charge in [0, 0.05) is 32.1 Å². The fourth-order valence-electron chi connectivity index (χ4n) is 3.37. The molecule has 0 spiro atoms. The molecular weight excluding hydrogens is 393 g/mol. The van der Waals surface area contributed by atoms with Crippen molar-refractivity contribution >= 4 is 34.1 Å². The van der Waals surface area contributed by atoms with Crippen molar-refractivity contribution in [3.05, 3.63) is 52.7 Å². The first-order valence-corrected chi connectivity index (χ1v) is 10.6. The summed E-state index contributed by atoms with van der Waals surface area (Å²) in [5, 5.41) is 3.54. The molecule has 0 bridgehead atoms. The molecule has 0 atom stereocenters. The van der Waals surface area contributed by atoms with Gasteiger partial charge in [-0.05, 0) is 43.5 Å². The molecule has 1 aliphatic carbocycles. The number of hydrogen-bond donors (Lipinski definition) is 1. The van der Waals surface area contributed by atoms with E-state index in [0.717, 1.165) is 12.8 Å². The number of anilines is 1. The smallest absolute Gasteiger partial charge is 0.264 e. The third kappa shape index (κ3) is 4.48. The van der Waals surface area contributed by atoms with Crippen LogP contribution < -0.4 is 5.32 Å². The standard InChI is InChI=1S/C21H22FN3O3S/c22-16-5-2-1-4-15(16)20(27)24-10-3-11-25(13-12-24)21(28)17-8-9-18(29-17)23-19(26)14-6-7-14/h1-2,4-5,8-9,14H,3,6-7,10-13H2,(H,23,26). The lowest BCUT2D eigenvalue weighted by Gasteiger charge is -2.22. The number of thiophene rings is 1. The van der Waals surface area contributed by atoms with Crippen molar-refractivity contribution in [2.24, 2.45) is 5.92 Å². The number of carbonyl (C=O) groups is 3. The average molecular weight is 415 g/mol. The summed E-state index contributed by atoms with van der Waals surface area (Å²) in [4.78, 5) is 41.2. The van der Waals surface area contributed by atoms with Crippen LogP contribution in [-0.4, -0.2) is 53.7 Å². The van der Waals surface area contributed by atoms with Crippen LogP contribution in [0, 0.1) is 11.7 Å². The predicted molar refractivity (Wildman–Crippen MR) is 108 cm³/mol. The number of halogens is 1. The summed E-state index contributed by atoms with van der Waals surface area (Å²) in [6, 6.07) is 9.43. The fourth-order valence-corrected chi connectivity index (χ4v) is 4.25. The van der Waals surface area contributed by atoms with Crippen LogP contribution in [0.5, 0.6) is 0 Å². The number of hydrogen-bond acceptors (Lipinski definition) is 4. The highest BCUT2D eigenvalue weighted by Crippen LogP contribution is 2.32. The zero-order chi connectivity index (χ0) is 20.4. The van der Waals surface area contributed by atoms with E-state index in [2.05, 4.69) is 5.32 Å². The van der Waals surface area contributed by atoms with E-state index in [0.29, 0.717) is 42.5 Å². The lowest BCUT2D eigenvalue weighted by atomic mass is 10.2. The van der Waals surface area contributed by atoms with E-state index in [9.17, 15) is 18.8 Å². The summed E-state index contributed by atoms with van der Waals surface area (Å²) in [7, 11) is 0. The molecule has 1 saturated carbocycles. The fraction of sp³-hybridized carbons (Fsp3) is 0.381. The van der Waals surface area contributed by atoms with Crippen molar-refractivity contribution in [2.75, 3.05) is 31.5 Å². The van der Waals surface area contributed by atoms with Crippen LogP contribution in [-0.2, 0) is 4.79 Å². The molecule has 4 rings (SSSR count). The Bertz CT molecular complexity index is 941. The summed E-state index contributed by atoms with van der Waals surface area (Å²) >= 11 is 1.27. The van der Waals surface area contributed by atoms with Crippen LogP contribution in [0.4, 0.5) is 9.39 Å². The Morgan fingerprint density at radius 1 is 0.931 bits per heavy atom. The highest BCUT2D eigenvalue weighted by atomic mass is 32.1. The minimum absolute atomic E-state index is 0.0166. The van der Waals surface area contributed by atoms with E-state index in [1.54, 1.807) is 34.1 Å². The Morgan fingerprint density at radius 2 is 1.62 bits per heavy atom. The molecule has 0 radical (unpaired) electrons. The van der Waals surface area contributed by atoms with Gasteiger partial charge in [0.15, 0.2) is 0 Å². The van der Waals surface area contributed by atoms with E-state index in [1.165, 1.54) is 23.5 Å². The summed E-state index contributed by atoms with van der Waals surface area (Å²) in [6.45, 7) is 1.75. The lowest BCUT2D eigenvalue weighted by molar-refractivity contribution is -0.117. The van der Waals surface area contributed by atoms with E-state index < -0.39 is 5.82 Å². The molecule has 6 nitrogen and oxygen atoms in total. The Morgan fingerprint density at radius 3 is 2.31 bits per heavy atom. The highest BCUT2D eigenvalue weighted by Gasteiger charge is 2.30. The van der Waals surface area contributed by atoms with Gasteiger partial charge in [-0.2, -0.15) is 0 Å². The van der Waals surface area contributed by atoms with Gasteiger partial charge in [0.1, 0.15) is 5.82 Å². The number of amides is 3. The van der Waals surface area contributed by atoms with Crippen LogP contribution in [0.3, 0.4) is 0 Å². The Balaban J connectivity index is 1.37. The van der Waals surface area contributed by atoms with Crippen LogP contribution in [0.15, 0.2) is 36.4 Å². The van der Waals surface area contributed by atoms with Crippen LogP contribution in [0.25, 0.3) is 0 Å². The minimum atomic E-state index is -0.533. The van der Waals surface area contributed by atoms with Crippen molar-refractivity contribution in [1.82, 2.24) is 9.80 Å². The molecule has 0 unspecified atom stereocenters. The summed E-state index contributed by atoms with van der Waals surface area (Å²) in [5.74, 6) is -0.863. The molecule has 1 aliphatic heterocycles. The third-order valence-electron chi connectivity index (χ3n) is 5.19. The van der Waals surface area contributed by atoms with Gasteiger partial charge in [-0.3, -0.25) is 14.4 Å². The first kappa shape index (κ1) is 19.6. The van der Waals surface area contributed by atoms with Crippen LogP contribution in [0.2, 0.25) is 0 Å². The summed E-state index contributed by atoms with van der Waals surface area (Å²) < 4.78 is 13.9. The predicted octanol–water partition coefficient (Wildman–Crippen LogP) is 3.22. The van der Waals surface area contributed by atoms with Gasteiger partial charge in [-0.1, -0.05) is 12.1 Å². The molecule has 8 heteroatoms. The maximum absolute atomic E-state index is 13.9. The van der Waals surface area contributed by atoms with E-state index in [-0.39, 0.29) is 29.2 Å². The summed E-state index contributed by atoms with van der Waals surface area (Å²) in [6.07, 6.45) is 2.49. The molecule has 1 saturated heterocycles. The van der Waals surface area contributed by atoms with Crippen molar-refractivity contribution in [2.45, 2.75) is 19.3 Å². The molecule has 2 fully saturated rings. The molecule has 2 aliphatic rings. The SMILES string of the molecule is O=C(Nc1ccc(C(=O)N2CCCN(C(=O)c3ccccc3F)CC2)s1)C1CC1. The van der Waals surface area contributed by atoms with Crippen LogP contribution in [0.1, 0.15) is 39.3 Å². The second-order valence-electron chi connectivity index (χ2n) is 7.35. The zero-order valence-electron chi connectivity index (χ0n) is 15.9. The van der Waals surface area contributed by atoms with E-state index in [4.69, 9.17) is 0 Å². The molecule has 2 aromatic rings. The highest BCUT2D eigenvalue weighted by molar-refractivity contribution is 7.18. The molecule has 1 aromatic heterocycles. The second-order valence-corrected chi connectivity index (χ2v) is 8.43. The molecule has 152 valence electrons. The minimum Gasteiger partial charge on any atom is -0.337 e. The molecule has 29 heavy (non-hydrogen) atoms. The Hall–Kier alpha value is -2.74. The zero-order valence-corrected chi connectivity index (χ0v) is 16.7. The Kier molecular flexibility index (Phi) is 5.62. The number of rotatable bonds is 4. The largest absolute Gasteiger partial charge is 0.337 e. The van der Waals surface area contributed by atoms with Crippen molar-refractivity contribution in [3.8, 4) is 0 Å². The van der Waals surface area contributed by atoms with Gasteiger partial charge in [-0.15, -0.1) is 11.3 Å². The van der Waals surface area contributed by atoms with Gasteiger partial charge in [0.05, 0.1) is 15.4 Å². The summed E-state index contributed by atoms with van der Waals surface area (Å²) in [5.41, 5.74) is 0.0570. The molecule has 2 heterocycles. The number of carbonyl (C=O) groups excluding carboxylic acids is 3. The average Bonchev–Trinajstić information content (AvgIpc) is 3.51. The van der Waals surface area contributed by atoms with Gasteiger partial charge in [0.25, 0.3) is 11.8 Å². The maximum Gasteiger partial charge on any atom is 0.264 e. The first-order valence-electron chi connectivity index (χ1n) is 9.76. The van der Waals surface area contributed by atoms with Crippen molar-refractivity contribution in [3.63, 3.8) is 0 Å². The van der Waals surface area contributed by atoms with Crippen molar-refractivity contribution < 1.29 is 18.8 Å². The molecule has 1 N–H and O–H groups in total. The second kappa shape index (κ2) is 8.32. The monoisotopic (exact) mass is 415 g/mol. The van der Waals surface area contributed by atoms with Crippen LogP contribution >= 0.6 is 11.3 Å². The maximum atomic E-state index is 13.9. The Labute approximate surface area is 172 Å².